The van der Waals surface area contributed by atoms with Crippen molar-refractivity contribution in [1.82, 2.24) is 20.0 Å². The van der Waals surface area contributed by atoms with E-state index in [-0.39, 0.29) is 11.9 Å². The van der Waals surface area contributed by atoms with Crippen molar-refractivity contribution in [2.24, 2.45) is 0 Å². The van der Waals surface area contributed by atoms with Crippen molar-refractivity contribution < 1.29 is 9.21 Å². The molecule has 1 fully saturated rings. The zero-order valence-electron chi connectivity index (χ0n) is 14.3. The largest absolute Gasteiger partial charge is 0.454 e. The van der Waals surface area contributed by atoms with Gasteiger partial charge < -0.3 is 14.6 Å². The van der Waals surface area contributed by atoms with Crippen LogP contribution in [0.25, 0.3) is 0 Å². The van der Waals surface area contributed by atoms with Gasteiger partial charge in [0, 0.05) is 6.04 Å². The van der Waals surface area contributed by atoms with Crippen molar-refractivity contribution in [3.05, 3.63) is 39.5 Å². The average Bonchev–Trinajstić information content (AvgIpc) is 3.11. The van der Waals surface area contributed by atoms with E-state index >= 15 is 0 Å². The third kappa shape index (κ3) is 3.72. The average molecular weight is 395 g/mol. The van der Waals surface area contributed by atoms with Gasteiger partial charge in [-0.3, -0.25) is 9.48 Å². The lowest BCUT2D eigenvalue weighted by Gasteiger charge is -2.29. The Hall–Kier alpha value is -1.60. The smallest absolute Gasteiger partial charge is 0.287 e. The second-order valence-corrected chi connectivity index (χ2v) is 7.25. The Morgan fingerprint density at radius 1 is 1.38 bits per heavy atom. The maximum Gasteiger partial charge on any atom is 0.287 e. The second-order valence-electron chi connectivity index (χ2n) is 6.46. The van der Waals surface area contributed by atoms with Crippen LogP contribution in [0, 0.1) is 13.8 Å². The van der Waals surface area contributed by atoms with E-state index < -0.39 is 0 Å². The molecule has 0 radical (unpaired) electrons. The number of halogens is 1. The SMILES string of the molecule is Cc1nn(Cc2ccc(C(=O)NC3CCN(C)CC3)o2)c(C)c1Br. The molecule has 3 heterocycles. The number of piperidine rings is 1. The first kappa shape index (κ1) is 17.2. The van der Waals surface area contributed by atoms with Crippen molar-refractivity contribution in [3.63, 3.8) is 0 Å². The van der Waals surface area contributed by atoms with Crippen molar-refractivity contribution in [3.8, 4) is 0 Å². The molecule has 1 saturated heterocycles. The lowest BCUT2D eigenvalue weighted by atomic mass is 10.1. The van der Waals surface area contributed by atoms with E-state index in [1.54, 1.807) is 6.07 Å². The maximum atomic E-state index is 12.3. The molecule has 7 heteroatoms. The first-order valence-corrected chi connectivity index (χ1v) is 9.01. The van der Waals surface area contributed by atoms with E-state index in [4.69, 9.17) is 4.42 Å². The number of nitrogens with zero attached hydrogens (tertiary/aromatic N) is 3. The third-order valence-corrected chi connectivity index (χ3v) is 5.69. The molecule has 0 aromatic carbocycles. The fraction of sp³-hybridized carbons (Fsp3) is 0.529. The summed E-state index contributed by atoms with van der Waals surface area (Å²) < 4.78 is 8.60. The summed E-state index contributed by atoms with van der Waals surface area (Å²) in [5.41, 5.74) is 1.99. The molecule has 6 nitrogen and oxygen atoms in total. The zero-order valence-corrected chi connectivity index (χ0v) is 15.9. The molecule has 1 aliphatic rings. The number of carbonyl (C=O) groups excluding carboxylic acids is 1. The monoisotopic (exact) mass is 394 g/mol. The Balaban J connectivity index is 1.62. The summed E-state index contributed by atoms with van der Waals surface area (Å²) in [6.07, 6.45) is 1.96. The lowest BCUT2D eigenvalue weighted by molar-refractivity contribution is 0.0886. The number of furan rings is 1. The second kappa shape index (κ2) is 7.11. The molecule has 0 saturated carbocycles. The molecule has 0 unspecified atom stereocenters. The number of carbonyl (C=O) groups is 1. The molecule has 1 N–H and O–H groups in total. The van der Waals surface area contributed by atoms with Crippen LogP contribution >= 0.6 is 15.9 Å². The van der Waals surface area contributed by atoms with Crippen LogP contribution in [0.3, 0.4) is 0 Å². The summed E-state index contributed by atoms with van der Waals surface area (Å²) in [6, 6.07) is 3.81. The number of hydrogen-bond acceptors (Lipinski definition) is 4. The Morgan fingerprint density at radius 3 is 2.71 bits per heavy atom. The van der Waals surface area contributed by atoms with Crippen molar-refractivity contribution in [1.29, 1.82) is 0 Å². The first-order chi connectivity index (χ1) is 11.4. The molecule has 0 atom stereocenters. The van der Waals surface area contributed by atoms with Crippen molar-refractivity contribution in [2.75, 3.05) is 20.1 Å². The molecule has 0 aliphatic carbocycles. The Morgan fingerprint density at radius 2 is 2.08 bits per heavy atom. The standard InChI is InChI=1S/C17H23BrN4O2/c1-11-16(18)12(2)22(20-11)10-14-4-5-15(24-14)17(23)19-13-6-8-21(3)9-7-13/h4-5,13H,6-10H2,1-3H3,(H,19,23). The van der Waals surface area contributed by atoms with Crippen molar-refractivity contribution >= 4 is 21.8 Å². The summed E-state index contributed by atoms with van der Waals surface area (Å²) in [5, 5.41) is 7.53. The minimum atomic E-state index is -0.134. The van der Waals surface area contributed by atoms with Crippen LogP contribution in [-0.2, 0) is 6.54 Å². The molecule has 3 rings (SSSR count). The number of hydrogen-bond donors (Lipinski definition) is 1. The van der Waals surface area contributed by atoms with E-state index in [0.717, 1.165) is 47.6 Å². The Labute approximate surface area is 150 Å². The van der Waals surface area contributed by atoms with Gasteiger partial charge in [-0.25, -0.2) is 0 Å². The molecule has 1 amide bonds. The van der Waals surface area contributed by atoms with Crippen LogP contribution < -0.4 is 5.32 Å². The van der Waals surface area contributed by atoms with Crippen LogP contribution in [0.2, 0.25) is 0 Å². The number of amides is 1. The summed E-state index contributed by atoms with van der Waals surface area (Å²) in [6.45, 7) is 6.50. The molecule has 2 aromatic rings. The van der Waals surface area contributed by atoms with Gasteiger partial charge in [-0.2, -0.15) is 5.10 Å². The van der Waals surface area contributed by atoms with Gasteiger partial charge in [-0.05, 0) is 74.9 Å². The minimum Gasteiger partial charge on any atom is -0.454 e. The van der Waals surface area contributed by atoms with Crippen LogP contribution in [-0.4, -0.2) is 46.8 Å². The van der Waals surface area contributed by atoms with Crippen LogP contribution in [0.5, 0.6) is 0 Å². The topological polar surface area (TPSA) is 63.3 Å². The van der Waals surface area contributed by atoms with Crippen LogP contribution in [0.15, 0.2) is 21.0 Å². The molecule has 24 heavy (non-hydrogen) atoms. The molecule has 0 spiro atoms. The quantitative estimate of drug-likeness (QED) is 0.865. The Bertz CT molecular complexity index is 729. The highest BCUT2D eigenvalue weighted by atomic mass is 79.9. The molecule has 0 bridgehead atoms. The van der Waals surface area contributed by atoms with E-state index in [9.17, 15) is 4.79 Å². The minimum absolute atomic E-state index is 0.134. The summed E-state index contributed by atoms with van der Waals surface area (Å²) in [4.78, 5) is 14.6. The fourth-order valence-corrected chi connectivity index (χ4v) is 3.25. The van der Waals surface area contributed by atoms with Gasteiger partial charge in [0.05, 0.1) is 22.4 Å². The lowest BCUT2D eigenvalue weighted by Crippen LogP contribution is -2.43. The van der Waals surface area contributed by atoms with Gasteiger partial charge in [0.25, 0.3) is 5.91 Å². The first-order valence-electron chi connectivity index (χ1n) is 8.21. The predicted molar refractivity (Wildman–Crippen MR) is 95.2 cm³/mol. The maximum absolute atomic E-state index is 12.3. The summed E-state index contributed by atoms with van der Waals surface area (Å²) in [7, 11) is 2.11. The fourth-order valence-electron chi connectivity index (χ4n) is 2.97. The highest BCUT2D eigenvalue weighted by molar-refractivity contribution is 9.10. The molecule has 2 aromatic heterocycles. The number of likely N-dealkylation sites (tertiary alicyclic amines) is 1. The van der Waals surface area contributed by atoms with E-state index in [1.807, 2.05) is 24.6 Å². The summed E-state index contributed by atoms with van der Waals surface area (Å²) in [5.74, 6) is 0.955. The zero-order chi connectivity index (χ0) is 17.3. The highest BCUT2D eigenvalue weighted by Crippen LogP contribution is 2.21. The van der Waals surface area contributed by atoms with Gasteiger partial charge in [-0.15, -0.1) is 0 Å². The normalized spacial score (nSPS) is 16.5. The molecular weight excluding hydrogens is 372 g/mol. The number of nitrogens with one attached hydrogen (secondary N) is 1. The molecule has 130 valence electrons. The van der Waals surface area contributed by atoms with Crippen molar-refractivity contribution in [2.45, 2.75) is 39.3 Å². The predicted octanol–water partition coefficient (Wildman–Crippen LogP) is 2.73. The van der Waals surface area contributed by atoms with E-state index in [0.29, 0.717) is 12.3 Å². The Kier molecular flexibility index (Phi) is 5.10. The van der Waals surface area contributed by atoms with Gasteiger partial charge in [0.15, 0.2) is 5.76 Å². The molecule has 1 aliphatic heterocycles. The van der Waals surface area contributed by atoms with E-state index in [1.165, 1.54) is 0 Å². The van der Waals surface area contributed by atoms with Gasteiger partial charge in [-0.1, -0.05) is 0 Å². The number of aryl methyl sites for hydroxylation is 1. The number of rotatable bonds is 4. The van der Waals surface area contributed by atoms with E-state index in [2.05, 4.69) is 38.3 Å². The van der Waals surface area contributed by atoms with Crippen LogP contribution in [0.1, 0.15) is 40.5 Å². The number of aromatic nitrogens is 2. The van der Waals surface area contributed by atoms with Gasteiger partial charge >= 0.3 is 0 Å². The molecular formula is C17H23BrN4O2. The van der Waals surface area contributed by atoms with Crippen LogP contribution in [0.4, 0.5) is 0 Å². The van der Waals surface area contributed by atoms with Gasteiger partial charge in [0.1, 0.15) is 5.76 Å². The van der Waals surface area contributed by atoms with Gasteiger partial charge in [0.2, 0.25) is 0 Å². The highest BCUT2D eigenvalue weighted by Gasteiger charge is 2.21. The summed E-state index contributed by atoms with van der Waals surface area (Å²) >= 11 is 3.52. The third-order valence-electron chi connectivity index (χ3n) is 4.54.